The first-order valence-electron chi connectivity index (χ1n) is 8.35. The zero-order valence-corrected chi connectivity index (χ0v) is 16.9. The number of halogens is 3. The van der Waals surface area contributed by atoms with E-state index in [1.807, 2.05) is 24.3 Å². The number of hydrogen-bond acceptors (Lipinski definition) is 3. The molecule has 7 heteroatoms. The van der Waals surface area contributed by atoms with E-state index in [1.165, 1.54) is 12.1 Å². The van der Waals surface area contributed by atoms with Gasteiger partial charge in [0.05, 0.1) is 16.3 Å². The van der Waals surface area contributed by atoms with Gasteiger partial charge in [-0.1, -0.05) is 53.0 Å². The Hall–Kier alpha value is -2.40. The lowest BCUT2D eigenvalue weighted by molar-refractivity contribution is 0.0697. The molecule has 0 saturated carbocycles. The lowest BCUT2D eigenvalue weighted by atomic mass is 10.1. The summed E-state index contributed by atoms with van der Waals surface area (Å²) in [6.07, 6.45) is 0. The Labute approximate surface area is 177 Å². The first-order valence-corrected chi connectivity index (χ1v) is 9.49. The summed E-state index contributed by atoms with van der Waals surface area (Å²) in [5, 5.41) is 13.9. The quantitative estimate of drug-likeness (QED) is 0.442. The molecule has 0 fully saturated rings. The summed E-state index contributed by atoms with van der Waals surface area (Å²) < 4.78 is 5.93. The molecule has 3 aromatic rings. The molecule has 3 aromatic carbocycles. The molecule has 0 aliphatic rings. The van der Waals surface area contributed by atoms with Crippen molar-refractivity contribution in [2.75, 3.05) is 5.32 Å². The van der Waals surface area contributed by atoms with Crippen molar-refractivity contribution in [3.8, 4) is 5.75 Å². The second kappa shape index (κ2) is 9.20. The lowest BCUT2D eigenvalue weighted by Gasteiger charge is -2.15. The Morgan fingerprint density at radius 1 is 0.929 bits per heavy atom. The molecular weight excluding hydrogens is 421 g/mol. The molecule has 0 amide bonds. The summed E-state index contributed by atoms with van der Waals surface area (Å²) in [5.74, 6) is -0.381. The van der Waals surface area contributed by atoms with Gasteiger partial charge in [0, 0.05) is 27.7 Å². The molecule has 0 spiro atoms. The summed E-state index contributed by atoms with van der Waals surface area (Å²) in [6.45, 7) is 0.658. The second-order valence-corrected chi connectivity index (χ2v) is 7.24. The van der Waals surface area contributed by atoms with E-state index in [2.05, 4.69) is 5.32 Å². The van der Waals surface area contributed by atoms with E-state index in [1.54, 1.807) is 24.3 Å². The fourth-order valence-electron chi connectivity index (χ4n) is 2.58. The highest BCUT2D eigenvalue weighted by Gasteiger charge is 2.10. The predicted molar refractivity (Wildman–Crippen MR) is 113 cm³/mol. The van der Waals surface area contributed by atoms with Crippen LogP contribution in [0.1, 0.15) is 21.5 Å². The minimum absolute atomic E-state index is 0.146. The summed E-state index contributed by atoms with van der Waals surface area (Å²) in [5.41, 5.74) is 2.33. The first kappa shape index (κ1) is 20.3. The van der Waals surface area contributed by atoms with E-state index in [0.29, 0.717) is 39.7 Å². The van der Waals surface area contributed by atoms with Crippen molar-refractivity contribution in [3.63, 3.8) is 0 Å². The number of carboxylic acid groups (broad SMARTS) is 1. The van der Waals surface area contributed by atoms with Crippen LogP contribution in [0.15, 0.2) is 60.7 Å². The van der Waals surface area contributed by atoms with Crippen LogP contribution in [0.4, 0.5) is 5.69 Å². The zero-order chi connectivity index (χ0) is 20.1. The molecule has 2 N–H and O–H groups in total. The van der Waals surface area contributed by atoms with Crippen LogP contribution in [0.25, 0.3) is 0 Å². The minimum Gasteiger partial charge on any atom is -0.488 e. The van der Waals surface area contributed by atoms with Gasteiger partial charge in [0.1, 0.15) is 12.4 Å². The van der Waals surface area contributed by atoms with Gasteiger partial charge >= 0.3 is 5.97 Å². The van der Waals surface area contributed by atoms with Crippen molar-refractivity contribution in [3.05, 3.63) is 92.4 Å². The number of anilines is 1. The smallest absolute Gasteiger partial charge is 0.335 e. The Kier molecular flexibility index (Phi) is 6.68. The maximum Gasteiger partial charge on any atom is 0.335 e. The van der Waals surface area contributed by atoms with Crippen molar-refractivity contribution in [2.45, 2.75) is 13.2 Å². The SMILES string of the molecule is O=C(O)c1ccc(Cl)c(NCc2cc(Cl)ccc2OCc2ccccc2Cl)c1. The maximum absolute atomic E-state index is 11.2. The molecule has 0 radical (unpaired) electrons. The Bertz CT molecular complexity index is 1010. The largest absolute Gasteiger partial charge is 0.488 e. The van der Waals surface area contributed by atoms with Crippen molar-refractivity contribution in [1.29, 1.82) is 0 Å². The average molecular weight is 437 g/mol. The van der Waals surface area contributed by atoms with Gasteiger partial charge < -0.3 is 15.2 Å². The van der Waals surface area contributed by atoms with Crippen LogP contribution in [0.5, 0.6) is 5.75 Å². The fourth-order valence-corrected chi connectivity index (χ4v) is 3.15. The number of carboxylic acids is 1. The number of benzene rings is 3. The van der Waals surface area contributed by atoms with Gasteiger partial charge in [-0.3, -0.25) is 0 Å². The molecule has 0 atom stereocenters. The van der Waals surface area contributed by atoms with Gasteiger partial charge in [-0.05, 0) is 42.5 Å². The number of hydrogen-bond donors (Lipinski definition) is 2. The molecule has 4 nitrogen and oxygen atoms in total. The molecule has 0 bridgehead atoms. The normalized spacial score (nSPS) is 10.5. The number of nitrogens with one attached hydrogen (secondary N) is 1. The van der Waals surface area contributed by atoms with Crippen LogP contribution < -0.4 is 10.1 Å². The number of carbonyl (C=O) groups is 1. The Balaban J connectivity index is 1.77. The summed E-state index contributed by atoms with van der Waals surface area (Å²) in [6, 6.07) is 17.2. The van der Waals surface area contributed by atoms with Crippen molar-refractivity contribution >= 4 is 46.5 Å². The molecule has 0 saturated heterocycles. The molecule has 0 aliphatic heterocycles. The van der Waals surface area contributed by atoms with Crippen LogP contribution >= 0.6 is 34.8 Å². The lowest BCUT2D eigenvalue weighted by Crippen LogP contribution is -2.05. The number of rotatable bonds is 7. The minimum atomic E-state index is -1.02. The molecule has 144 valence electrons. The van der Waals surface area contributed by atoms with E-state index in [9.17, 15) is 4.79 Å². The van der Waals surface area contributed by atoms with E-state index < -0.39 is 5.97 Å². The third kappa shape index (κ3) is 5.10. The van der Waals surface area contributed by atoms with Crippen molar-refractivity contribution in [2.24, 2.45) is 0 Å². The summed E-state index contributed by atoms with van der Waals surface area (Å²) in [4.78, 5) is 11.2. The molecule has 0 aromatic heterocycles. The highest BCUT2D eigenvalue weighted by Crippen LogP contribution is 2.28. The van der Waals surface area contributed by atoms with Crippen LogP contribution in [-0.4, -0.2) is 11.1 Å². The monoisotopic (exact) mass is 435 g/mol. The van der Waals surface area contributed by atoms with Gasteiger partial charge in [0.15, 0.2) is 0 Å². The maximum atomic E-state index is 11.2. The van der Waals surface area contributed by atoms with Gasteiger partial charge in [-0.2, -0.15) is 0 Å². The number of aromatic carboxylic acids is 1. The Morgan fingerprint density at radius 2 is 1.71 bits per heavy atom. The highest BCUT2D eigenvalue weighted by atomic mass is 35.5. The molecular formula is C21H16Cl3NO3. The number of ether oxygens (including phenoxy) is 1. The van der Waals surface area contributed by atoms with Crippen molar-refractivity contribution < 1.29 is 14.6 Å². The van der Waals surface area contributed by atoms with Crippen LogP contribution in [0.2, 0.25) is 15.1 Å². The highest BCUT2D eigenvalue weighted by molar-refractivity contribution is 6.33. The van der Waals surface area contributed by atoms with Crippen LogP contribution in [-0.2, 0) is 13.2 Å². The van der Waals surface area contributed by atoms with Crippen molar-refractivity contribution in [1.82, 2.24) is 0 Å². The third-order valence-corrected chi connectivity index (χ3v) is 4.98. The molecule has 3 rings (SSSR count). The van der Waals surface area contributed by atoms with E-state index >= 15 is 0 Å². The first-order chi connectivity index (χ1) is 13.4. The fraction of sp³-hybridized carbons (Fsp3) is 0.0952. The standard InChI is InChI=1S/C21H16Cl3NO3/c22-16-6-8-20(28-12-14-3-1-2-4-17(14)23)15(9-16)11-25-19-10-13(21(26)27)5-7-18(19)24/h1-10,25H,11-12H2,(H,26,27). The summed E-state index contributed by atoms with van der Waals surface area (Å²) >= 11 is 18.5. The average Bonchev–Trinajstić information content (AvgIpc) is 2.67. The Morgan fingerprint density at radius 3 is 2.46 bits per heavy atom. The molecule has 28 heavy (non-hydrogen) atoms. The molecule has 0 aliphatic carbocycles. The zero-order valence-electron chi connectivity index (χ0n) is 14.6. The molecule has 0 heterocycles. The van der Waals surface area contributed by atoms with Gasteiger partial charge in [-0.25, -0.2) is 4.79 Å². The molecule has 0 unspecified atom stereocenters. The topological polar surface area (TPSA) is 58.6 Å². The van der Waals surface area contributed by atoms with E-state index in [0.717, 1.165) is 11.1 Å². The third-order valence-electron chi connectivity index (χ3n) is 4.05. The van der Waals surface area contributed by atoms with Gasteiger partial charge in [-0.15, -0.1) is 0 Å². The van der Waals surface area contributed by atoms with Crippen LogP contribution in [0, 0.1) is 0 Å². The van der Waals surface area contributed by atoms with E-state index in [-0.39, 0.29) is 5.56 Å². The second-order valence-electron chi connectivity index (χ2n) is 5.99. The van der Waals surface area contributed by atoms with E-state index in [4.69, 9.17) is 44.6 Å². The van der Waals surface area contributed by atoms with Gasteiger partial charge in [0.25, 0.3) is 0 Å². The van der Waals surface area contributed by atoms with Crippen LogP contribution in [0.3, 0.4) is 0 Å². The van der Waals surface area contributed by atoms with Gasteiger partial charge in [0.2, 0.25) is 0 Å². The summed E-state index contributed by atoms with van der Waals surface area (Å²) in [7, 11) is 0. The predicted octanol–water partition coefficient (Wildman–Crippen LogP) is 6.54.